The predicted octanol–water partition coefficient (Wildman–Crippen LogP) is 2.50. The molecule has 0 spiro atoms. The fraction of sp³-hybridized carbons (Fsp3) is 0. The Hall–Kier alpha value is -2.48. The standard InChI is InChI=1S/C10H7ClFN5O2/c11-6-3-5(12)1-2-7(6)15-9-8(17(18)19)4-14-10(13)16-9/h1-4H,(H3,13,14,15,16). The molecule has 7 nitrogen and oxygen atoms in total. The molecule has 0 fully saturated rings. The van der Waals surface area contributed by atoms with Crippen molar-refractivity contribution in [1.29, 1.82) is 0 Å². The van der Waals surface area contributed by atoms with E-state index in [0.717, 1.165) is 18.3 Å². The third-order valence-corrected chi connectivity index (χ3v) is 2.48. The SMILES string of the molecule is Nc1ncc([N+](=O)[O-])c(Nc2ccc(F)cc2Cl)n1. The molecule has 2 aromatic rings. The van der Waals surface area contributed by atoms with E-state index in [0.29, 0.717) is 0 Å². The molecule has 0 saturated carbocycles. The Morgan fingerprint density at radius 3 is 2.84 bits per heavy atom. The van der Waals surface area contributed by atoms with Crippen molar-refractivity contribution in [3.8, 4) is 0 Å². The van der Waals surface area contributed by atoms with E-state index in [1.54, 1.807) is 0 Å². The van der Waals surface area contributed by atoms with Gasteiger partial charge in [0.05, 0.1) is 15.6 Å². The van der Waals surface area contributed by atoms with Crippen molar-refractivity contribution in [2.75, 3.05) is 11.1 Å². The van der Waals surface area contributed by atoms with Crippen molar-refractivity contribution in [3.05, 3.63) is 45.4 Å². The van der Waals surface area contributed by atoms with Gasteiger partial charge in [-0.05, 0) is 18.2 Å². The van der Waals surface area contributed by atoms with E-state index in [-0.39, 0.29) is 28.2 Å². The van der Waals surface area contributed by atoms with Gasteiger partial charge in [-0.2, -0.15) is 4.98 Å². The van der Waals surface area contributed by atoms with Crippen molar-refractivity contribution < 1.29 is 9.31 Å². The molecular weight excluding hydrogens is 277 g/mol. The van der Waals surface area contributed by atoms with Crippen LogP contribution in [0.2, 0.25) is 5.02 Å². The van der Waals surface area contributed by atoms with Crippen molar-refractivity contribution in [1.82, 2.24) is 9.97 Å². The number of nitrogen functional groups attached to an aromatic ring is 1. The number of hydrogen-bond acceptors (Lipinski definition) is 6. The fourth-order valence-corrected chi connectivity index (χ4v) is 1.55. The Morgan fingerprint density at radius 1 is 1.47 bits per heavy atom. The Morgan fingerprint density at radius 2 is 2.21 bits per heavy atom. The van der Waals surface area contributed by atoms with Crippen LogP contribution in [0.4, 0.5) is 27.5 Å². The Balaban J connectivity index is 2.42. The lowest BCUT2D eigenvalue weighted by molar-refractivity contribution is -0.384. The number of rotatable bonds is 3. The molecule has 0 saturated heterocycles. The molecular formula is C10H7ClFN5O2. The topological polar surface area (TPSA) is 107 Å². The van der Waals surface area contributed by atoms with Gasteiger partial charge in [0.25, 0.3) is 0 Å². The number of nitrogens with zero attached hydrogens (tertiary/aromatic N) is 3. The number of benzene rings is 1. The molecule has 1 aromatic heterocycles. The highest BCUT2D eigenvalue weighted by Gasteiger charge is 2.17. The number of halogens is 2. The van der Waals surface area contributed by atoms with Crippen LogP contribution in [0.15, 0.2) is 24.4 Å². The van der Waals surface area contributed by atoms with Crippen molar-refractivity contribution >= 4 is 34.7 Å². The molecule has 98 valence electrons. The summed E-state index contributed by atoms with van der Waals surface area (Å²) >= 11 is 5.80. The van der Waals surface area contributed by atoms with Gasteiger partial charge in [-0.1, -0.05) is 11.6 Å². The first kappa shape index (κ1) is 13.0. The van der Waals surface area contributed by atoms with Gasteiger partial charge < -0.3 is 11.1 Å². The van der Waals surface area contributed by atoms with Crippen LogP contribution in [0.1, 0.15) is 0 Å². The fourth-order valence-electron chi connectivity index (χ4n) is 1.33. The lowest BCUT2D eigenvalue weighted by Crippen LogP contribution is -2.04. The van der Waals surface area contributed by atoms with Crippen LogP contribution >= 0.6 is 11.6 Å². The van der Waals surface area contributed by atoms with Gasteiger partial charge in [-0.15, -0.1) is 0 Å². The van der Waals surface area contributed by atoms with Gasteiger partial charge in [0, 0.05) is 0 Å². The maximum Gasteiger partial charge on any atom is 0.329 e. The Bertz CT molecular complexity index is 652. The normalized spacial score (nSPS) is 10.2. The smallest absolute Gasteiger partial charge is 0.329 e. The minimum absolute atomic E-state index is 0.0616. The number of nitrogens with two attached hydrogens (primary N) is 1. The molecule has 19 heavy (non-hydrogen) atoms. The lowest BCUT2D eigenvalue weighted by atomic mass is 10.3. The first-order valence-electron chi connectivity index (χ1n) is 4.96. The highest BCUT2D eigenvalue weighted by molar-refractivity contribution is 6.33. The van der Waals surface area contributed by atoms with Gasteiger partial charge >= 0.3 is 5.69 Å². The van der Waals surface area contributed by atoms with Crippen molar-refractivity contribution in [3.63, 3.8) is 0 Å². The van der Waals surface area contributed by atoms with E-state index >= 15 is 0 Å². The summed E-state index contributed by atoms with van der Waals surface area (Å²) in [6.07, 6.45) is 0.974. The highest BCUT2D eigenvalue weighted by Crippen LogP contribution is 2.29. The summed E-state index contributed by atoms with van der Waals surface area (Å²) in [4.78, 5) is 17.4. The van der Waals surface area contributed by atoms with Gasteiger partial charge in [-0.25, -0.2) is 9.37 Å². The molecule has 0 aliphatic carbocycles. The van der Waals surface area contributed by atoms with E-state index in [9.17, 15) is 14.5 Å². The summed E-state index contributed by atoms with van der Waals surface area (Å²) in [7, 11) is 0. The number of nitro groups is 1. The molecule has 2 rings (SSSR count). The van der Waals surface area contributed by atoms with Crippen LogP contribution in [-0.4, -0.2) is 14.9 Å². The van der Waals surface area contributed by atoms with Crippen LogP contribution in [0.5, 0.6) is 0 Å². The van der Waals surface area contributed by atoms with Gasteiger partial charge in [0.15, 0.2) is 0 Å². The zero-order valence-electron chi connectivity index (χ0n) is 9.30. The second-order valence-corrected chi connectivity index (χ2v) is 3.88. The van der Waals surface area contributed by atoms with Crippen LogP contribution in [0.25, 0.3) is 0 Å². The average molecular weight is 284 g/mol. The van der Waals surface area contributed by atoms with Crippen molar-refractivity contribution in [2.24, 2.45) is 0 Å². The van der Waals surface area contributed by atoms with E-state index in [2.05, 4.69) is 15.3 Å². The number of anilines is 3. The third kappa shape index (κ3) is 2.86. The molecule has 9 heteroatoms. The summed E-state index contributed by atoms with van der Waals surface area (Å²) in [6, 6.07) is 3.56. The molecule has 3 N–H and O–H groups in total. The summed E-state index contributed by atoms with van der Waals surface area (Å²) in [5.41, 5.74) is 5.27. The second kappa shape index (κ2) is 5.02. The molecule has 0 amide bonds. The number of aromatic nitrogens is 2. The molecule has 0 unspecified atom stereocenters. The summed E-state index contributed by atoms with van der Waals surface area (Å²) in [5.74, 6) is -0.774. The van der Waals surface area contributed by atoms with Gasteiger partial charge in [-0.3, -0.25) is 10.1 Å². The molecule has 0 aliphatic heterocycles. The predicted molar refractivity (Wildman–Crippen MR) is 67.8 cm³/mol. The minimum Gasteiger partial charge on any atom is -0.368 e. The van der Waals surface area contributed by atoms with E-state index in [4.69, 9.17) is 17.3 Å². The molecule has 1 aromatic carbocycles. The largest absolute Gasteiger partial charge is 0.368 e. The van der Waals surface area contributed by atoms with E-state index in [1.807, 2.05) is 0 Å². The second-order valence-electron chi connectivity index (χ2n) is 3.47. The maximum atomic E-state index is 12.9. The molecule has 0 aliphatic rings. The Kier molecular flexibility index (Phi) is 3.43. The summed E-state index contributed by atoms with van der Waals surface area (Å²) in [5, 5.41) is 13.5. The Labute approximate surface area is 111 Å². The molecule has 0 radical (unpaired) electrons. The van der Waals surface area contributed by atoms with Crippen LogP contribution in [0.3, 0.4) is 0 Å². The average Bonchev–Trinajstić information content (AvgIpc) is 2.32. The van der Waals surface area contributed by atoms with Gasteiger partial charge in [0.2, 0.25) is 11.8 Å². The van der Waals surface area contributed by atoms with E-state index < -0.39 is 10.7 Å². The zero-order valence-corrected chi connectivity index (χ0v) is 10.1. The first-order chi connectivity index (χ1) is 8.97. The molecule has 1 heterocycles. The monoisotopic (exact) mass is 283 g/mol. The summed E-state index contributed by atoms with van der Waals surface area (Å²) in [6.45, 7) is 0. The number of hydrogen-bond donors (Lipinski definition) is 2. The van der Waals surface area contributed by atoms with Crippen molar-refractivity contribution in [2.45, 2.75) is 0 Å². The van der Waals surface area contributed by atoms with Crippen LogP contribution < -0.4 is 11.1 Å². The van der Waals surface area contributed by atoms with Gasteiger partial charge in [0.1, 0.15) is 12.0 Å². The third-order valence-electron chi connectivity index (χ3n) is 2.17. The summed E-state index contributed by atoms with van der Waals surface area (Å²) < 4.78 is 12.9. The lowest BCUT2D eigenvalue weighted by Gasteiger charge is -2.08. The van der Waals surface area contributed by atoms with Crippen LogP contribution in [0, 0.1) is 15.9 Å². The maximum absolute atomic E-state index is 12.9. The zero-order chi connectivity index (χ0) is 14.0. The quantitative estimate of drug-likeness (QED) is 0.662. The first-order valence-corrected chi connectivity index (χ1v) is 5.34. The van der Waals surface area contributed by atoms with Crippen LogP contribution in [-0.2, 0) is 0 Å². The van der Waals surface area contributed by atoms with E-state index in [1.165, 1.54) is 6.07 Å². The minimum atomic E-state index is -0.667. The molecule has 0 bridgehead atoms. The molecule has 0 atom stereocenters. The highest BCUT2D eigenvalue weighted by atomic mass is 35.5. The number of nitrogens with one attached hydrogen (secondary N) is 1.